The van der Waals surface area contributed by atoms with Gasteiger partial charge in [0.15, 0.2) is 0 Å². The van der Waals surface area contributed by atoms with Gasteiger partial charge < -0.3 is 4.90 Å². The maximum absolute atomic E-state index is 13.1. The van der Waals surface area contributed by atoms with E-state index in [0.717, 1.165) is 12.0 Å². The first-order chi connectivity index (χ1) is 12.9. The van der Waals surface area contributed by atoms with Crippen LogP contribution in [0.25, 0.3) is 0 Å². The molecule has 0 bridgehead atoms. The molecular formula is C21H26N2O3S. The lowest BCUT2D eigenvalue weighted by atomic mass is 10.1. The van der Waals surface area contributed by atoms with Crippen LogP contribution in [0.2, 0.25) is 0 Å². The first-order valence-electron chi connectivity index (χ1n) is 9.34. The second-order valence-electron chi connectivity index (χ2n) is 7.16. The smallest absolute Gasteiger partial charge is 0.254 e. The molecule has 2 aromatic rings. The van der Waals surface area contributed by atoms with Crippen molar-refractivity contribution in [1.29, 1.82) is 0 Å². The van der Waals surface area contributed by atoms with Crippen molar-refractivity contribution >= 4 is 21.6 Å². The molecule has 2 aromatic carbocycles. The number of hydrogen-bond donors (Lipinski definition) is 0. The molecule has 6 heteroatoms. The van der Waals surface area contributed by atoms with Crippen molar-refractivity contribution in [2.45, 2.75) is 39.3 Å². The van der Waals surface area contributed by atoms with Crippen LogP contribution in [0.15, 0.2) is 54.6 Å². The molecule has 0 radical (unpaired) electrons. The maximum Gasteiger partial charge on any atom is 0.254 e. The fourth-order valence-electron chi connectivity index (χ4n) is 3.31. The molecular weight excluding hydrogens is 360 g/mol. The molecule has 1 aliphatic rings. The quantitative estimate of drug-likeness (QED) is 0.788. The van der Waals surface area contributed by atoms with E-state index in [2.05, 4.69) is 0 Å². The highest BCUT2D eigenvalue weighted by Gasteiger charge is 2.27. The van der Waals surface area contributed by atoms with E-state index < -0.39 is 10.0 Å². The number of rotatable bonds is 5. The Balaban J connectivity index is 1.87. The molecule has 3 rings (SSSR count). The van der Waals surface area contributed by atoms with Crippen LogP contribution in [0.1, 0.15) is 42.6 Å². The highest BCUT2D eigenvalue weighted by molar-refractivity contribution is 7.92. The molecule has 0 atom stereocenters. The van der Waals surface area contributed by atoms with Gasteiger partial charge in [0.25, 0.3) is 5.91 Å². The number of sulfonamides is 1. The number of amides is 1. The van der Waals surface area contributed by atoms with Crippen LogP contribution >= 0.6 is 0 Å². The number of nitrogens with zero attached hydrogens (tertiary/aromatic N) is 2. The first-order valence-corrected chi connectivity index (χ1v) is 10.9. The van der Waals surface area contributed by atoms with Crippen molar-refractivity contribution in [3.8, 4) is 0 Å². The maximum atomic E-state index is 13.1. The average Bonchev–Trinajstić information content (AvgIpc) is 2.66. The van der Waals surface area contributed by atoms with Crippen molar-refractivity contribution < 1.29 is 13.2 Å². The predicted molar refractivity (Wildman–Crippen MR) is 108 cm³/mol. The summed E-state index contributed by atoms with van der Waals surface area (Å²) in [6.45, 7) is 4.96. The predicted octanol–water partition coefficient (Wildman–Crippen LogP) is 3.67. The van der Waals surface area contributed by atoms with E-state index in [0.29, 0.717) is 30.8 Å². The lowest BCUT2D eigenvalue weighted by molar-refractivity contribution is 0.0690. The number of carbonyl (C=O) groups excluding carboxylic acids is 1. The minimum Gasteiger partial charge on any atom is -0.332 e. The Morgan fingerprint density at radius 2 is 1.81 bits per heavy atom. The summed E-state index contributed by atoms with van der Waals surface area (Å²) >= 11 is 0. The summed E-state index contributed by atoms with van der Waals surface area (Å²) < 4.78 is 26.2. The van der Waals surface area contributed by atoms with E-state index in [1.807, 2.05) is 44.2 Å². The Bertz CT molecular complexity index is 895. The highest BCUT2D eigenvalue weighted by atomic mass is 32.2. The van der Waals surface area contributed by atoms with Crippen LogP contribution in [0, 0.1) is 0 Å². The fraction of sp³-hybridized carbons (Fsp3) is 0.381. The molecule has 0 spiro atoms. The molecule has 0 aliphatic carbocycles. The summed E-state index contributed by atoms with van der Waals surface area (Å²) in [5.41, 5.74) is 2.15. The van der Waals surface area contributed by atoms with Crippen LogP contribution in [-0.4, -0.2) is 37.6 Å². The van der Waals surface area contributed by atoms with Gasteiger partial charge in [-0.15, -0.1) is 0 Å². The second kappa shape index (κ2) is 8.13. The van der Waals surface area contributed by atoms with Crippen LogP contribution < -0.4 is 4.31 Å². The summed E-state index contributed by atoms with van der Waals surface area (Å²) in [5.74, 6) is 0.0715. The molecule has 1 fully saturated rings. The minimum absolute atomic E-state index is 0.0279. The van der Waals surface area contributed by atoms with Gasteiger partial charge in [-0.05, 0) is 50.5 Å². The van der Waals surface area contributed by atoms with E-state index in [4.69, 9.17) is 0 Å². The van der Waals surface area contributed by atoms with Crippen molar-refractivity contribution in [3.63, 3.8) is 0 Å². The summed E-state index contributed by atoms with van der Waals surface area (Å²) in [7, 11) is -3.30. The third-order valence-electron chi connectivity index (χ3n) is 4.81. The molecule has 1 aliphatic heterocycles. The van der Waals surface area contributed by atoms with Crippen LogP contribution in [0.4, 0.5) is 5.69 Å². The van der Waals surface area contributed by atoms with Gasteiger partial charge in [0, 0.05) is 24.7 Å². The van der Waals surface area contributed by atoms with E-state index in [9.17, 15) is 13.2 Å². The van der Waals surface area contributed by atoms with Crippen LogP contribution in [-0.2, 0) is 16.6 Å². The standard InChI is InChI=1S/C21H26N2O3S/c1-17(2)22(16-18-9-4-3-5-10-18)21(24)19-11-8-12-20(15-19)23-13-6-7-14-27(23,25)26/h3-5,8-12,15,17H,6-7,13-14,16H2,1-2H3. The normalized spacial score (nSPS) is 16.3. The van der Waals surface area contributed by atoms with Crippen molar-refractivity contribution in [1.82, 2.24) is 4.90 Å². The zero-order chi connectivity index (χ0) is 19.4. The van der Waals surface area contributed by atoms with Crippen molar-refractivity contribution in [2.75, 3.05) is 16.6 Å². The third kappa shape index (κ3) is 4.50. The van der Waals surface area contributed by atoms with Gasteiger partial charge in [-0.25, -0.2) is 8.42 Å². The van der Waals surface area contributed by atoms with Crippen molar-refractivity contribution in [2.24, 2.45) is 0 Å². The topological polar surface area (TPSA) is 57.7 Å². The summed E-state index contributed by atoms with van der Waals surface area (Å²) in [6, 6.07) is 16.9. The van der Waals surface area contributed by atoms with Crippen molar-refractivity contribution in [3.05, 3.63) is 65.7 Å². The number of benzene rings is 2. The molecule has 0 saturated carbocycles. The molecule has 5 nitrogen and oxygen atoms in total. The lowest BCUT2D eigenvalue weighted by Crippen LogP contribution is -2.38. The van der Waals surface area contributed by atoms with E-state index in [1.54, 1.807) is 29.2 Å². The molecule has 1 amide bonds. The molecule has 0 aromatic heterocycles. The van der Waals surface area contributed by atoms with E-state index >= 15 is 0 Å². The van der Waals surface area contributed by atoms with E-state index in [1.165, 1.54) is 4.31 Å². The average molecular weight is 387 g/mol. The van der Waals surface area contributed by atoms with Gasteiger partial charge >= 0.3 is 0 Å². The Hall–Kier alpha value is -2.34. The van der Waals surface area contributed by atoms with Gasteiger partial charge in [-0.1, -0.05) is 36.4 Å². The molecule has 144 valence electrons. The number of hydrogen-bond acceptors (Lipinski definition) is 3. The fourth-order valence-corrected chi connectivity index (χ4v) is 4.94. The largest absolute Gasteiger partial charge is 0.332 e. The Kier molecular flexibility index (Phi) is 5.85. The summed E-state index contributed by atoms with van der Waals surface area (Å²) in [6.07, 6.45) is 1.53. The molecule has 27 heavy (non-hydrogen) atoms. The molecule has 0 N–H and O–H groups in total. The highest BCUT2D eigenvalue weighted by Crippen LogP contribution is 2.25. The number of carbonyl (C=O) groups is 1. The molecule has 1 heterocycles. The summed E-state index contributed by atoms with van der Waals surface area (Å²) in [4.78, 5) is 14.9. The summed E-state index contributed by atoms with van der Waals surface area (Å²) in [5, 5.41) is 0. The van der Waals surface area contributed by atoms with E-state index in [-0.39, 0.29) is 17.7 Å². The minimum atomic E-state index is -3.30. The third-order valence-corrected chi connectivity index (χ3v) is 6.68. The van der Waals surface area contributed by atoms with Crippen LogP contribution in [0.5, 0.6) is 0 Å². The Labute approximate surface area is 161 Å². The number of anilines is 1. The first kappa shape index (κ1) is 19.4. The zero-order valence-corrected chi connectivity index (χ0v) is 16.7. The van der Waals surface area contributed by atoms with Gasteiger partial charge in [0.05, 0.1) is 11.4 Å². The van der Waals surface area contributed by atoms with Gasteiger partial charge in [-0.3, -0.25) is 9.10 Å². The van der Waals surface area contributed by atoms with Crippen LogP contribution in [0.3, 0.4) is 0 Å². The lowest BCUT2D eigenvalue weighted by Gasteiger charge is -2.30. The van der Waals surface area contributed by atoms with Gasteiger partial charge in [0.2, 0.25) is 10.0 Å². The molecule has 0 unspecified atom stereocenters. The van der Waals surface area contributed by atoms with Gasteiger partial charge in [-0.2, -0.15) is 0 Å². The zero-order valence-electron chi connectivity index (χ0n) is 15.8. The molecule has 1 saturated heterocycles. The monoisotopic (exact) mass is 386 g/mol. The SMILES string of the molecule is CC(C)N(Cc1ccccc1)C(=O)c1cccc(N2CCCCS2(=O)=O)c1. The Morgan fingerprint density at radius 3 is 2.48 bits per heavy atom. The Morgan fingerprint density at radius 1 is 1.07 bits per heavy atom. The van der Waals surface area contributed by atoms with Gasteiger partial charge in [0.1, 0.15) is 0 Å². The second-order valence-corrected chi connectivity index (χ2v) is 9.17.